The number of carbonyl (C=O) groups excluding carboxylic acids is 1. The maximum absolute atomic E-state index is 12.4. The number of nitrogens with zero attached hydrogens (tertiary/aromatic N) is 3. The number of hydrogen-bond acceptors (Lipinski definition) is 7. The monoisotopic (exact) mass is 345 g/mol. The van der Waals surface area contributed by atoms with E-state index < -0.39 is 0 Å². The number of fused-ring (bicyclic) bond motifs is 1. The summed E-state index contributed by atoms with van der Waals surface area (Å²) in [6.07, 6.45) is 1.62. The predicted molar refractivity (Wildman–Crippen MR) is 91.1 cm³/mol. The van der Waals surface area contributed by atoms with Crippen LogP contribution in [0.4, 0.5) is 0 Å². The molecule has 1 aromatic carbocycles. The molecule has 0 fully saturated rings. The molecule has 0 atom stereocenters. The first-order valence-electron chi connectivity index (χ1n) is 7.99. The Kier molecular flexibility index (Phi) is 5.30. The van der Waals surface area contributed by atoms with Crippen molar-refractivity contribution in [1.82, 2.24) is 15.2 Å². The minimum absolute atomic E-state index is 0.00168. The molecule has 0 N–H and O–H groups in total. The van der Waals surface area contributed by atoms with E-state index in [-0.39, 0.29) is 11.5 Å². The minimum atomic E-state index is -0.00168. The highest BCUT2D eigenvalue weighted by atomic mass is 32.2. The Morgan fingerprint density at radius 3 is 2.58 bits per heavy atom. The van der Waals surface area contributed by atoms with Gasteiger partial charge < -0.3 is 9.47 Å². The van der Waals surface area contributed by atoms with E-state index in [0.29, 0.717) is 35.4 Å². The van der Waals surface area contributed by atoms with Gasteiger partial charge in [-0.1, -0.05) is 25.6 Å². The Morgan fingerprint density at radius 2 is 1.83 bits per heavy atom. The summed E-state index contributed by atoms with van der Waals surface area (Å²) in [5.41, 5.74) is 2.46. The lowest BCUT2D eigenvalue weighted by Crippen LogP contribution is -2.16. The van der Waals surface area contributed by atoms with Gasteiger partial charge in [0.05, 0.1) is 17.1 Å². The van der Waals surface area contributed by atoms with E-state index in [2.05, 4.69) is 15.2 Å². The fourth-order valence-electron chi connectivity index (χ4n) is 2.41. The molecule has 3 rings (SSSR count). The first-order chi connectivity index (χ1) is 11.7. The van der Waals surface area contributed by atoms with Gasteiger partial charge in [0.15, 0.2) is 17.3 Å². The molecule has 0 unspecified atom stereocenters. The number of carbonyl (C=O) groups is 1. The summed E-state index contributed by atoms with van der Waals surface area (Å²) in [5, 5.41) is 8.83. The van der Waals surface area contributed by atoms with Gasteiger partial charge in [0.25, 0.3) is 0 Å². The summed E-state index contributed by atoms with van der Waals surface area (Å²) in [5.74, 6) is 1.56. The lowest BCUT2D eigenvalue weighted by molar-refractivity contribution is 0.102. The molecule has 1 aliphatic rings. The summed E-state index contributed by atoms with van der Waals surface area (Å²) in [6.45, 7) is 5.11. The number of aromatic nitrogens is 3. The normalized spacial score (nSPS) is 12.9. The molecule has 7 heteroatoms. The molecule has 6 nitrogen and oxygen atoms in total. The Labute approximate surface area is 145 Å². The molecule has 126 valence electrons. The van der Waals surface area contributed by atoms with Crippen molar-refractivity contribution in [1.29, 1.82) is 0 Å². The molecular formula is C17H19N3O3S. The molecule has 0 radical (unpaired) electrons. The number of ketones is 1. The molecule has 0 saturated heterocycles. The fourth-order valence-corrected chi connectivity index (χ4v) is 3.11. The maximum Gasteiger partial charge on any atom is 0.209 e. The van der Waals surface area contributed by atoms with E-state index in [1.165, 1.54) is 11.8 Å². The summed E-state index contributed by atoms with van der Waals surface area (Å²) in [7, 11) is 0. The Balaban J connectivity index is 1.67. The van der Waals surface area contributed by atoms with Crippen molar-refractivity contribution >= 4 is 17.5 Å². The van der Waals surface area contributed by atoms with Gasteiger partial charge in [-0.3, -0.25) is 4.79 Å². The van der Waals surface area contributed by atoms with E-state index in [9.17, 15) is 4.79 Å². The van der Waals surface area contributed by atoms with Crippen LogP contribution in [0.15, 0.2) is 23.4 Å². The number of Topliss-reactive ketones (excluding diaryl/α,β-unsaturated/α-hetero) is 1. The molecule has 0 amide bonds. The fraction of sp³-hybridized carbons (Fsp3) is 0.412. The van der Waals surface area contributed by atoms with Crippen LogP contribution < -0.4 is 9.47 Å². The lowest BCUT2D eigenvalue weighted by atomic mass is 10.1. The van der Waals surface area contributed by atoms with Gasteiger partial charge in [-0.25, -0.2) is 4.98 Å². The first-order valence-corrected chi connectivity index (χ1v) is 8.98. The number of aryl methyl sites for hydroxylation is 2. The average molecular weight is 345 g/mol. The molecule has 1 aromatic heterocycles. The van der Waals surface area contributed by atoms with Crippen LogP contribution in [0, 0.1) is 0 Å². The van der Waals surface area contributed by atoms with E-state index in [1.807, 2.05) is 13.8 Å². The maximum atomic E-state index is 12.4. The highest BCUT2D eigenvalue weighted by molar-refractivity contribution is 7.99. The van der Waals surface area contributed by atoms with E-state index in [0.717, 1.165) is 24.2 Å². The van der Waals surface area contributed by atoms with Crippen molar-refractivity contribution < 1.29 is 14.3 Å². The third-order valence-corrected chi connectivity index (χ3v) is 4.52. The van der Waals surface area contributed by atoms with Crippen molar-refractivity contribution in [3.63, 3.8) is 0 Å². The number of thioether (sulfide) groups is 1. The second-order valence-electron chi connectivity index (χ2n) is 5.27. The zero-order chi connectivity index (χ0) is 16.9. The number of benzene rings is 1. The first kappa shape index (κ1) is 16.7. The minimum Gasteiger partial charge on any atom is -0.486 e. The topological polar surface area (TPSA) is 74.2 Å². The molecule has 0 aliphatic carbocycles. The van der Waals surface area contributed by atoms with Gasteiger partial charge in [0.1, 0.15) is 13.2 Å². The third-order valence-electron chi connectivity index (χ3n) is 3.69. The van der Waals surface area contributed by atoms with E-state index in [1.54, 1.807) is 18.2 Å². The van der Waals surface area contributed by atoms with Crippen LogP contribution in [0.1, 0.15) is 35.6 Å². The van der Waals surface area contributed by atoms with Gasteiger partial charge >= 0.3 is 0 Å². The highest BCUT2D eigenvalue weighted by Crippen LogP contribution is 2.31. The Hall–Kier alpha value is -2.15. The number of rotatable bonds is 6. The van der Waals surface area contributed by atoms with Crippen LogP contribution in [-0.4, -0.2) is 39.9 Å². The van der Waals surface area contributed by atoms with Crippen molar-refractivity contribution in [2.24, 2.45) is 0 Å². The lowest BCUT2D eigenvalue weighted by Gasteiger charge is -2.18. The Morgan fingerprint density at radius 1 is 1.08 bits per heavy atom. The zero-order valence-corrected chi connectivity index (χ0v) is 14.6. The Bertz CT molecular complexity index is 752. The molecule has 2 aromatic rings. The smallest absolute Gasteiger partial charge is 0.209 e. The van der Waals surface area contributed by atoms with Gasteiger partial charge in [-0.15, -0.1) is 5.10 Å². The quantitative estimate of drug-likeness (QED) is 0.588. The second kappa shape index (κ2) is 7.61. The van der Waals surface area contributed by atoms with Crippen molar-refractivity contribution in [2.45, 2.75) is 31.8 Å². The van der Waals surface area contributed by atoms with Gasteiger partial charge in [-0.2, -0.15) is 5.10 Å². The van der Waals surface area contributed by atoms with Gasteiger partial charge in [0.2, 0.25) is 5.16 Å². The van der Waals surface area contributed by atoms with Gasteiger partial charge in [0, 0.05) is 5.56 Å². The van der Waals surface area contributed by atoms with Crippen LogP contribution in [0.2, 0.25) is 0 Å². The SMILES string of the molecule is CCc1nnc(SCC(=O)c2ccc3c(c2)OCCO3)nc1CC. The van der Waals surface area contributed by atoms with Crippen molar-refractivity contribution in [3.8, 4) is 11.5 Å². The summed E-state index contributed by atoms with van der Waals surface area (Å²) in [4.78, 5) is 16.9. The van der Waals surface area contributed by atoms with Crippen LogP contribution >= 0.6 is 11.8 Å². The van der Waals surface area contributed by atoms with E-state index in [4.69, 9.17) is 9.47 Å². The molecule has 2 heterocycles. The average Bonchev–Trinajstić information content (AvgIpc) is 2.65. The van der Waals surface area contributed by atoms with Gasteiger partial charge in [-0.05, 0) is 31.0 Å². The molecule has 0 spiro atoms. The van der Waals surface area contributed by atoms with Crippen molar-refractivity contribution in [3.05, 3.63) is 35.2 Å². The molecule has 0 saturated carbocycles. The zero-order valence-electron chi connectivity index (χ0n) is 13.7. The third kappa shape index (κ3) is 3.67. The molecule has 0 bridgehead atoms. The van der Waals surface area contributed by atoms with E-state index >= 15 is 0 Å². The molecule has 24 heavy (non-hydrogen) atoms. The molecule has 1 aliphatic heterocycles. The summed E-state index contributed by atoms with van der Waals surface area (Å²) in [6, 6.07) is 5.26. The summed E-state index contributed by atoms with van der Waals surface area (Å²) < 4.78 is 11.0. The second-order valence-corrected chi connectivity index (χ2v) is 6.21. The van der Waals surface area contributed by atoms with Crippen molar-refractivity contribution in [2.75, 3.05) is 19.0 Å². The standard InChI is InChI=1S/C17H19N3O3S/c1-3-12-13(4-2)19-20-17(18-12)24-10-14(21)11-5-6-15-16(9-11)23-8-7-22-15/h5-6,9H,3-4,7-8,10H2,1-2H3. The number of ether oxygens (including phenoxy) is 2. The summed E-state index contributed by atoms with van der Waals surface area (Å²) >= 11 is 1.30. The predicted octanol–water partition coefficient (Wildman–Crippen LogP) is 2.74. The van der Waals surface area contributed by atoms with Crippen LogP contribution in [-0.2, 0) is 12.8 Å². The largest absolute Gasteiger partial charge is 0.486 e. The van der Waals surface area contributed by atoms with Crippen LogP contribution in [0.3, 0.4) is 0 Å². The van der Waals surface area contributed by atoms with Crippen LogP contribution in [0.25, 0.3) is 0 Å². The molecular weight excluding hydrogens is 326 g/mol. The highest BCUT2D eigenvalue weighted by Gasteiger charge is 2.16. The number of hydrogen-bond donors (Lipinski definition) is 0. The van der Waals surface area contributed by atoms with Crippen LogP contribution in [0.5, 0.6) is 11.5 Å².